The molecule has 0 aliphatic heterocycles. The number of rotatable bonds is 1. The summed E-state index contributed by atoms with van der Waals surface area (Å²) in [5, 5.41) is 8.15. The van der Waals surface area contributed by atoms with E-state index in [-0.39, 0.29) is 12.7 Å². The maximum absolute atomic E-state index is 8.15. The van der Waals surface area contributed by atoms with Crippen LogP contribution in [-0.2, 0) is 4.74 Å². The molecular formula is C7H8O2. The molecule has 0 aliphatic carbocycles. The van der Waals surface area contributed by atoms with Crippen LogP contribution in [0.2, 0.25) is 0 Å². The summed E-state index contributed by atoms with van der Waals surface area (Å²) in [7, 11) is 0. The van der Waals surface area contributed by atoms with Crippen LogP contribution in [0.5, 0.6) is 0 Å². The molecule has 0 saturated heterocycles. The Hall–Kier alpha value is -1.12. The molecule has 1 N–H and O–H groups in total. The van der Waals surface area contributed by atoms with Crippen molar-refractivity contribution in [1.29, 1.82) is 0 Å². The van der Waals surface area contributed by atoms with Crippen molar-refractivity contribution in [2.75, 3.05) is 6.61 Å². The smallest absolute Gasteiger partial charge is 0.167 e. The van der Waals surface area contributed by atoms with Gasteiger partial charge in [-0.25, -0.2) is 0 Å². The Morgan fingerprint density at radius 2 is 2.44 bits per heavy atom. The van der Waals surface area contributed by atoms with E-state index in [9.17, 15) is 0 Å². The summed E-state index contributed by atoms with van der Waals surface area (Å²) < 4.78 is 4.67. The number of hydrogen-bond acceptors (Lipinski definition) is 2. The minimum absolute atomic E-state index is 0.197. The summed E-state index contributed by atoms with van der Waals surface area (Å²) in [5.74, 6) is 4.62. The SMILES string of the molecule is C#CC(C)OC#CCO. The van der Waals surface area contributed by atoms with Crippen molar-refractivity contribution in [3.8, 4) is 24.4 Å². The number of aliphatic hydroxyl groups is 1. The van der Waals surface area contributed by atoms with Gasteiger partial charge in [-0.3, -0.25) is 0 Å². The molecule has 0 rings (SSSR count). The van der Waals surface area contributed by atoms with E-state index in [2.05, 4.69) is 22.7 Å². The molecule has 0 radical (unpaired) electrons. The average Bonchev–Trinajstić information content (AvgIpc) is 1.89. The van der Waals surface area contributed by atoms with E-state index in [0.29, 0.717) is 0 Å². The van der Waals surface area contributed by atoms with Crippen LogP contribution in [0.15, 0.2) is 0 Å². The quantitative estimate of drug-likeness (QED) is 0.498. The van der Waals surface area contributed by atoms with Crippen molar-refractivity contribution in [2.24, 2.45) is 0 Å². The van der Waals surface area contributed by atoms with E-state index < -0.39 is 0 Å². The van der Waals surface area contributed by atoms with Gasteiger partial charge in [-0.2, -0.15) is 0 Å². The van der Waals surface area contributed by atoms with Gasteiger partial charge in [0.1, 0.15) is 12.7 Å². The van der Waals surface area contributed by atoms with Gasteiger partial charge in [-0.05, 0) is 12.8 Å². The van der Waals surface area contributed by atoms with Gasteiger partial charge in [0, 0.05) is 0 Å². The van der Waals surface area contributed by atoms with Crippen LogP contribution >= 0.6 is 0 Å². The van der Waals surface area contributed by atoms with Crippen LogP contribution in [0, 0.1) is 24.4 Å². The Labute approximate surface area is 54.8 Å². The van der Waals surface area contributed by atoms with Crippen molar-refractivity contribution in [3.63, 3.8) is 0 Å². The molecule has 0 aromatic heterocycles. The van der Waals surface area contributed by atoms with Crippen LogP contribution in [0.3, 0.4) is 0 Å². The van der Waals surface area contributed by atoms with E-state index in [4.69, 9.17) is 11.5 Å². The summed E-state index contributed by atoms with van der Waals surface area (Å²) >= 11 is 0. The predicted octanol–water partition coefficient (Wildman–Crippen LogP) is -0.0221. The van der Waals surface area contributed by atoms with Crippen LogP contribution in [-0.4, -0.2) is 17.8 Å². The van der Waals surface area contributed by atoms with E-state index in [1.54, 1.807) is 6.92 Å². The summed E-state index contributed by atoms with van der Waals surface area (Å²) in [4.78, 5) is 0. The van der Waals surface area contributed by atoms with Crippen LogP contribution in [0.1, 0.15) is 6.92 Å². The minimum atomic E-state index is -0.302. The molecular weight excluding hydrogens is 116 g/mol. The Balaban J connectivity index is 3.40. The Morgan fingerprint density at radius 3 is 2.89 bits per heavy atom. The molecule has 48 valence electrons. The lowest BCUT2D eigenvalue weighted by atomic mass is 10.4. The molecule has 0 bridgehead atoms. The summed E-state index contributed by atoms with van der Waals surface area (Å²) in [5.41, 5.74) is 0. The zero-order valence-corrected chi connectivity index (χ0v) is 5.22. The van der Waals surface area contributed by atoms with Gasteiger partial charge in [-0.1, -0.05) is 5.92 Å². The second kappa shape index (κ2) is 5.03. The molecule has 0 saturated carbocycles. The number of hydrogen-bond donors (Lipinski definition) is 1. The fourth-order valence-corrected chi connectivity index (χ4v) is 0.196. The maximum atomic E-state index is 8.15. The highest BCUT2D eigenvalue weighted by Gasteiger charge is 1.88. The van der Waals surface area contributed by atoms with Crippen LogP contribution < -0.4 is 0 Å². The number of terminal acetylenes is 1. The first-order chi connectivity index (χ1) is 4.31. The van der Waals surface area contributed by atoms with Gasteiger partial charge in [0.2, 0.25) is 0 Å². The van der Waals surface area contributed by atoms with Gasteiger partial charge in [0.05, 0.1) is 0 Å². The predicted molar refractivity (Wildman–Crippen MR) is 34.2 cm³/mol. The number of ether oxygens (including phenoxy) is 1. The molecule has 2 nitrogen and oxygen atoms in total. The summed E-state index contributed by atoms with van der Waals surface area (Å²) in [6, 6.07) is 0. The molecule has 2 heteroatoms. The third-order valence-corrected chi connectivity index (χ3v) is 0.622. The second-order valence-corrected chi connectivity index (χ2v) is 1.36. The molecule has 1 unspecified atom stereocenters. The molecule has 0 heterocycles. The molecule has 0 aromatic carbocycles. The van der Waals surface area contributed by atoms with Crippen molar-refractivity contribution in [3.05, 3.63) is 0 Å². The van der Waals surface area contributed by atoms with Crippen molar-refractivity contribution in [2.45, 2.75) is 13.0 Å². The molecule has 9 heavy (non-hydrogen) atoms. The van der Waals surface area contributed by atoms with Crippen LogP contribution in [0.4, 0.5) is 0 Å². The fourth-order valence-electron chi connectivity index (χ4n) is 0.196. The van der Waals surface area contributed by atoms with E-state index in [1.807, 2.05) is 0 Å². The second-order valence-electron chi connectivity index (χ2n) is 1.36. The first-order valence-electron chi connectivity index (χ1n) is 2.51. The van der Waals surface area contributed by atoms with E-state index in [0.717, 1.165) is 0 Å². The lowest BCUT2D eigenvalue weighted by Crippen LogP contribution is -1.98. The van der Waals surface area contributed by atoms with Gasteiger partial charge >= 0.3 is 0 Å². The topological polar surface area (TPSA) is 29.5 Å². The Bertz CT molecular complexity index is 156. The summed E-state index contributed by atoms with van der Waals surface area (Å²) in [6.07, 6.45) is 6.89. The highest BCUT2D eigenvalue weighted by Crippen LogP contribution is 1.82. The molecule has 0 amide bonds. The fraction of sp³-hybridized carbons (Fsp3) is 0.429. The standard InChI is InChI=1S/C7H8O2/c1-3-7(2)9-6-4-5-8/h1,7-8H,5H2,2H3. The normalized spacial score (nSPS) is 10.3. The highest BCUT2D eigenvalue weighted by molar-refractivity contribution is 4.97. The minimum Gasteiger partial charge on any atom is -0.430 e. The number of aliphatic hydroxyl groups excluding tert-OH is 1. The lowest BCUT2D eigenvalue weighted by Gasteiger charge is -1.96. The first-order valence-corrected chi connectivity index (χ1v) is 2.51. The zero-order chi connectivity index (χ0) is 7.11. The van der Waals surface area contributed by atoms with Gasteiger partial charge < -0.3 is 9.84 Å². The molecule has 0 aromatic rings. The van der Waals surface area contributed by atoms with Crippen molar-refractivity contribution < 1.29 is 9.84 Å². The molecule has 0 fully saturated rings. The Kier molecular flexibility index (Phi) is 4.40. The van der Waals surface area contributed by atoms with Gasteiger partial charge in [-0.15, -0.1) is 6.42 Å². The Morgan fingerprint density at radius 1 is 1.78 bits per heavy atom. The lowest BCUT2D eigenvalue weighted by molar-refractivity contribution is 0.237. The maximum Gasteiger partial charge on any atom is 0.167 e. The third kappa shape index (κ3) is 4.74. The first kappa shape index (κ1) is 7.88. The van der Waals surface area contributed by atoms with Crippen LogP contribution in [0.25, 0.3) is 0 Å². The van der Waals surface area contributed by atoms with E-state index in [1.165, 1.54) is 0 Å². The molecule has 0 aliphatic rings. The zero-order valence-electron chi connectivity index (χ0n) is 5.22. The van der Waals surface area contributed by atoms with E-state index >= 15 is 0 Å². The van der Waals surface area contributed by atoms with Gasteiger partial charge in [0.25, 0.3) is 0 Å². The monoisotopic (exact) mass is 124 g/mol. The molecule has 1 atom stereocenters. The summed E-state index contributed by atoms with van der Waals surface area (Å²) in [6.45, 7) is 1.50. The van der Waals surface area contributed by atoms with Gasteiger partial charge in [0.15, 0.2) is 6.10 Å². The highest BCUT2D eigenvalue weighted by atomic mass is 16.5. The third-order valence-electron chi connectivity index (χ3n) is 0.622. The largest absolute Gasteiger partial charge is 0.430 e. The molecule has 0 spiro atoms. The average molecular weight is 124 g/mol. The van der Waals surface area contributed by atoms with Crippen molar-refractivity contribution >= 4 is 0 Å². The van der Waals surface area contributed by atoms with Crippen molar-refractivity contribution in [1.82, 2.24) is 0 Å².